The molecule has 0 aromatic heterocycles. The molecule has 1 amide bonds. The number of carboxylic acids is 3. The Kier molecular flexibility index (Phi) is 20.5. The van der Waals surface area contributed by atoms with Gasteiger partial charge in [-0.2, -0.15) is 0 Å². The van der Waals surface area contributed by atoms with E-state index in [1.165, 1.54) is 0 Å². The fourth-order valence-electron chi connectivity index (χ4n) is 4.88. The second-order valence-corrected chi connectivity index (χ2v) is 11.3. The molecule has 4 N–H and O–H groups in total. The van der Waals surface area contributed by atoms with Crippen LogP contribution in [-0.2, 0) is 54.2 Å². The Morgan fingerprint density at radius 3 is 1.92 bits per heavy atom. The van der Waals surface area contributed by atoms with Crippen molar-refractivity contribution >= 4 is 30.0 Å². The van der Waals surface area contributed by atoms with Crippen molar-refractivity contribution in [2.75, 3.05) is 39.6 Å². The van der Waals surface area contributed by atoms with Crippen molar-refractivity contribution in [2.45, 2.75) is 102 Å². The van der Waals surface area contributed by atoms with Gasteiger partial charge in [-0.3, -0.25) is 19.2 Å². The molecule has 0 bridgehead atoms. The molecule has 0 unspecified atom stereocenters. The second kappa shape index (κ2) is 24.4. The van der Waals surface area contributed by atoms with E-state index in [1.807, 2.05) is 30.3 Å². The number of aliphatic carboxylic acids is 3. The molecule has 0 aliphatic carbocycles. The number of alkyl carbamates (subject to hydrolysis) is 1. The van der Waals surface area contributed by atoms with Crippen LogP contribution in [-0.4, -0.2) is 109 Å². The summed E-state index contributed by atoms with van der Waals surface area (Å²) in [5.74, 6) is -3.44. The monoisotopic (exact) mass is 683 g/mol. The van der Waals surface area contributed by atoms with Crippen LogP contribution in [0.1, 0.15) is 76.2 Å². The average Bonchev–Trinajstić information content (AvgIpc) is 3.04. The minimum absolute atomic E-state index is 0.0661. The largest absolute Gasteiger partial charge is 0.481 e. The van der Waals surface area contributed by atoms with Crippen LogP contribution in [0.3, 0.4) is 0 Å². The average molecular weight is 684 g/mol. The Bertz CT molecular complexity index is 1100. The van der Waals surface area contributed by atoms with Crippen molar-refractivity contribution < 1.29 is 67.7 Å². The summed E-state index contributed by atoms with van der Waals surface area (Å²) in [5.41, 5.74) is 0.960. The molecular formula is C33H49NO14. The van der Waals surface area contributed by atoms with Gasteiger partial charge in [0.25, 0.3) is 0 Å². The van der Waals surface area contributed by atoms with E-state index in [4.69, 9.17) is 43.7 Å². The molecule has 0 radical (unpaired) electrons. The maximum atomic E-state index is 12.6. The number of ether oxygens (including phenoxy) is 6. The maximum Gasteiger partial charge on any atom is 0.407 e. The van der Waals surface area contributed by atoms with Gasteiger partial charge >= 0.3 is 30.0 Å². The van der Waals surface area contributed by atoms with Gasteiger partial charge in [0.2, 0.25) is 0 Å². The van der Waals surface area contributed by atoms with E-state index in [1.54, 1.807) is 0 Å². The Morgan fingerprint density at radius 2 is 1.27 bits per heavy atom. The molecule has 15 nitrogen and oxygen atoms in total. The molecule has 0 saturated carbocycles. The third kappa shape index (κ3) is 18.5. The molecule has 1 aliphatic rings. The van der Waals surface area contributed by atoms with Gasteiger partial charge in [-0.25, -0.2) is 4.79 Å². The van der Waals surface area contributed by atoms with E-state index in [0.29, 0.717) is 12.8 Å². The zero-order chi connectivity index (χ0) is 35.0. The SMILES string of the molecule is O=C(O)CCOC[C@H]1OC[C@H](NC(=O)OCCCCCCCCCC(=O)OCc2ccccc2)[C@@H](OCCC(=O)O)[C@@H]1OCCC(=O)O. The number of hydrogen-bond donors (Lipinski definition) is 4. The lowest BCUT2D eigenvalue weighted by Crippen LogP contribution is -2.62. The van der Waals surface area contributed by atoms with Crippen LogP contribution in [0.4, 0.5) is 4.79 Å². The van der Waals surface area contributed by atoms with E-state index in [-0.39, 0.29) is 71.5 Å². The van der Waals surface area contributed by atoms with Gasteiger partial charge in [-0.05, 0) is 18.4 Å². The normalized spacial score (nSPS) is 18.9. The number of esters is 1. The molecular weight excluding hydrogens is 634 g/mol. The number of carbonyl (C=O) groups is 5. The van der Waals surface area contributed by atoms with Gasteiger partial charge in [0.1, 0.15) is 24.9 Å². The van der Waals surface area contributed by atoms with Crippen LogP contribution in [0.15, 0.2) is 30.3 Å². The van der Waals surface area contributed by atoms with Crippen molar-refractivity contribution in [3.8, 4) is 0 Å². The standard InChI is InChI=1S/C33H49NO14/c35-27(36)14-18-43-23-26-32(45-20-16-29(39)40)31(44-19-15-28(37)38)25(22-47-26)34-33(42)46-17-10-5-3-1-2-4-9-13-30(41)48-21-24-11-7-6-8-12-24/h6-8,11-12,25-26,31-32H,1-5,9-10,13-23H2,(H,34,42)(H,35,36)(H,37,38)(H,39,40)/t25-,26+,31+,32+/m0/s1. The highest BCUT2D eigenvalue weighted by Gasteiger charge is 2.43. The maximum absolute atomic E-state index is 12.6. The number of rotatable bonds is 26. The first-order valence-electron chi connectivity index (χ1n) is 16.4. The highest BCUT2D eigenvalue weighted by Crippen LogP contribution is 2.23. The van der Waals surface area contributed by atoms with E-state index in [2.05, 4.69) is 5.32 Å². The van der Waals surface area contributed by atoms with Gasteiger partial charge < -0.3 is 49.1 Å². The predicted molar refractivity (Wildman–Crippen MR) is 168 cm³/mol. The highest BCUT2D eigenvalue weighted by molar-refractivity contribution is 5.69. The Labute approximate surface area is 280 Å². The Morgan fingerprint density at radius 1 is 0.688 bits per heavy atom. The number of nitrogens with one attached hydrogen (secondary N) is 1. The fourth-order valence-corrected chi connectivity index (χ4v) is 4.88. The van der Waals surface area contributed by atoms with Crippen LogP contribution < -0.4 is 5.32 Å². The zero-order valence-corrected chi connectivity index (χ0v) is 27.3. The van der Waals surface area contributed by atoms with Crippen LogP contribution in [0.25, 0.3) is 0 Å². The molecule has 0 spiro atoms. The third-order valence-electron chi connectivity index (χ3n) is 7.38. The molecule has 1 heterocycles. The summed E-state index contributed by atoms with van der Waals surface area (Å²) in [7, 11) is 0. The summed E-state index contributed by atoms with van der Waals surface area (Å²) in [6.45, 7) is -0.224. The van der Waals surface area contributed by atoms with Crippen molar-refractivity contribution in [3.05, 3.63) is 35.9 Å². The molecule has 48 heavy (non-hydrogen) atoms. The van der Waals surface area contributed by atoms with Gasteiger partial charge in [0.05, 0.1) is 64.9 Å². The smallest absolute Gasteiger partial charge is 0.407 e. The minimum atomic E-state index is -1.10. The number of hydrogen-bond acceptors (Lipinski definition) is 11. The molecule has 1 aromatic carbocycles. The third-order valence-corrected chi connectivity index (χ3v) is 7.38. The number of carboxylic acid groups (broad SMARTS) is 3. The van der Waals surface area contributed by atoms with Gasteiger partial charge in [0.15, 0.2) is 0 Å². The molecule has 1 saturated heterocycles. The van der Waals surface area contributed by atoms with Gasteiger partial charge in [-0.1, -0.05) is 62.4 Å². The van der Waals surface area contributed by atoms with Gasteiger partial charge in [0, 0.05) is 6.42 Å². The van der Waals surface area contributed by atoms with Crippen LogP contribution in [0.5, 0.6) is 0 Å². The molecule has 1 aliphatic heterocycles. The Balaban J connectivity index is 1.71. The van der Waals surface area contributed by atoms with Crippen molar-refractivity contribution in [3.63, 3.8) is 0 Å². The van der Waals surface area contributed by atoms with Crippen molar-refractivity contribution in [1.29, 1.82) is 0 Å². The molecule has 1 fully saturated rings. The molecule has 1 aromatic rings. The lowest BCUT2D eigenvalue weighted by molar-refractivity contribution is -0.202. The first-order valence-corrected chi connectivity index (χ1v) is 16.4. The zero-order valence-electron chi connectivity index (χ0n) is 27.3. The summed E-state index contributed by atoms with van der Waals surface area (Å²) in [6.07, 6.45) is 2.21. The minimum Gasteiger partial charge on any atom is -0.481 e. The summed E-state index contributed by atoms with van der Waals surface area (Å²) >= 11 is 0. The van der Waals surface area contributed by atoms with E-state index in [9.17, 15) is 24.0 Å². The van der Waals surface area contributed by atoms with Crippen molar-refractivity contribution in [1.82, 2.24) is 5.32 Å². The molecule has 4 atom stereocenters. The van der Waals surface area contributed by atoms with Crippen LogP contribution in [0, 0.1) is 0 Å². The fraction of sp³-hybridized carbons (Fsp3) is 0.667. The van der Waals surface area contributed by atoms with E-state index in [0.717, 1.165) is 44.1 Å². The first-order chi connectivity index (χ1) is 23.2. The summed E-state index contributed by atoms with van der Waals surface area (Å²) < 4.78 is 33.5. The molecule has 15 heteroatoms. The summed E-state index contributed by atoms with van der Waals surface area (Å²) in [6, 6.07) is 8.73. The van der Waals surface area contributed by atoms with E-state index >= 15 is 0 Å². The lowest BCUT2D eigenvalue weighted by atomic mass is 9.97. The predicted octanol–water partition coefficient (Wildman–Crippen LogP) is 3.56. The molecule has 270 valence electrons. The molecule has 2 rings (SSSR count). The number of unbranched alkanes of at least 4 members (excludes halogenated alkanes) is 6. The quantitative estimate of drug-likeness (QED) is 0.0812. The summed E-state index contributed by atoms with van der Waals surface area (Å²) in [4.78, 5) is 57.5. The first kappa shape index (κ1) is 40.4. The summed E-state index contributed by atoms with van der Waals surface area (Å²) in [5, 5.41) is 29.6. The van der Waals surface area contributed by atoms with Crippen molar-refractivity contribution in [2.24, 2.45) is 0 Å². The topological polar surface area (TPSA) is 213 Å². The van der Waals surface area contributed by atoms with Crippen LogP contribution >= 0.6 is 0 Å². The van der Waals surface area contributed by atoms with Crippen LogP contribution in [0.2, 0.25) is 0 Å². The highest BCUT2D eigenvalue weighted by atomic mass is 16.6. The second-order valence-electron chi connectivity index (χ2n) is 11.3. The van der Waals surface area contributed by atoms with Gasteiger partial charge in [-0.15, -0.1) is 0 Å². The Hall–Kier alpha value is -3.79. The number of carbonyl (C=O) groups excluding carboxylic acids is 2. The number of benzene rings is 1. The number of amides is 1. The van der Waals surface area contributed by atoms with E-state index < -0.39 is 48.4 Å². The lowest BCUT2D eigenvalue weighted by Gasteiger charge is -2.42.